The standard InChI is InChI=1S/C30H27N3O6/c1-29(2)38-27(35)30(28(36)39-29)23(18-13-15-21(37-3)16-14-18)24(26(34)32-20-10-5-4-6-11-20)33-25(30)22-12-8-7-9-19(22)17-31-33/h4-17,23-25H,1-3H3,(H,32,34)/t23-,24+,25?/m1/s1. The topological polar surface area (TPSA) is 107 Å². The van der Waals surface area contributed by atoms with Crippen LogP contribution in [0, 0.1) is 5.41 Å². The third-order valence-corrected chi connectivity index (χ3v) is 7.55. The van der Waals surface area contributed by atoms with Crippen LogP contribution in [0.15, 0.2) is 84.0 Å². The van der Waals surface area contributed by atoms with Gasteiger partial charge in [-0.25, -0.2) is 0 Å². The van der Waals surface area contributed by atoms with Crippen LogP contribution in [0.3, 0.4) is 0 Å². The van der Waals surface area contributed by atoms with Gasteiger partial charge in [0.25, 0.3) is 5.79 Å². The predicted octanol–water partition coefficient (Wildman–Crippen LogP) is 4.01. The number of benzene rings is 3. The zero-order valence-corrected chi connectivity index (χ0v) is 21.7. The van der Waals surface area contributed by atoms with Gasteiger partial charge in [0, 0.05) is 25.5 Å². The van der Waals surface area contributed by atoms with Crippen molar-refractivity contribution in [1.82, 2.24) is 5.01 Å². The van der Waals surface area contributed by atoms with Crippen LogP contribution in [0.1, 0.15) is 42.5 Å². The molecule has 3 heterocycles. The molecule has 2 fully saturated rings. The van der Waals surface area contributed by atoms with Crippen molar-refractivity contribution in [3.63, 3.8) is 0 Å². The van der Waals surface area contributed by atoms with E-state index >= 15 is 0 Å². The molecule has 3 atom stereocenters. The summed E-state index contributed by atoms with van der Waals surface area (Å²) in [5.41, 5.74) is 0.636. The number of rotatable bonds is 4. The number of hydrogen-bond acceptors (Lipinski definition) is 8. The van der Waals surface area contributed by atoms with Crippen LogP contribution in [-0.2, 0) is 23.9 Å². The fraction of sp³-hybridized carbons (Fsp3) is 0.267. The lowest BCUT2D eigenvalue weighted by molar-refractivity contribution is -0.254. The van der Waals surface area contributed by atoms with Crippen LogP contribution in [0.5, 0.6) is 5.75 Å². The van der Waals surface area contributed by atoms with Gasteiger partial charge in [-0.05, 0) is 41.0 Å². The number of esters is 2. The number of carbonyl (C=O) groups is 3. The number of para-hydroxylation sites is 1. The molecular formula is C30H27N3O6. The summed E-state index contributed by atoms with van der Waals surface area (Å²) in [6, 6.07) is 21.3. The smallest absolute Gasteiger partial charge is 0.330 e. The number of methoxy groups -OCH3 is 1. The Hall–Kier alpha value is -4.66. The summed E-state index contributed by atoms with van der Waals surface area (Å²) in [5.74, 6) is -3.83. The van der Waals surface area contributed by atoms with Crippen LogP contribution >= 0.6 is 0 Å². The van der Waals surface area contributed by atoms with E-state index in [4.69, 9.17) is 14.2 Å². The number of nitrogens with one attached hydrogen (secondary N) is 1. The number of carbonyl (C=O) groups excluding carboxylic acids is 3. The SMILES string of the molecule is COc1ccc([C@@H]2[C@@H](C(=O)Nc3ccccc3)N3N=Cc4ccccc4C3C23C(=O)OC(C)(C)OC3=O)cc1. The van der Waals surface area contributed by atoms with E-state index in [1.807, 2.05) is 42.5 Å². The van der Waals surface area contributed by atoms with Crippen molar-refractivity contribution >= 4 is 29.7 Å². The lowest BCUT2D eigenvalue weighted by atomic mass is 9.65. The first-order valence-electron chi connectivity index (χ1n) is 12.6. The first-order valence-corrected chi connectivity index (χ1v) is 12.6. The maximum Gasteiger partial charge on any atom is 0.330 e. The number of amides is 1. The van der Waals surface area contributed by atoms with Crippen molar-refractivity contribution in [2.45, 2.75) is 37.6 Å². The fourth-order valence-corrected chi connectivity index (χ4v) is 5.94. The van der Waals surface area contributed by atoms with Gasteiger partial charge in [-0.2, -0.15) is 5.10 Å². The predicted molar refractivity (Wildman–Crippen MR) is 142 cm³/mol. The van der Waals surface area contributed by atoms with Crippen LogP contribution in [-0.4, -0.2) is 48.0 Å². The van der Waals surface area contributed by atoms with Gasteiger partial charge in [0.1, 0.15) is 17.8 Å². The first kappa shape index (κ1) is 24.7. The quantitative estimate of drug-likeness (QED) is 0.405. The monoisotopic (exact) mass is 525 g/mol. The second-order valence-corrected chi connectivity index (χ2v) is 10.3. The van der Waals surface area contributed by atoms with E-state index in [1.54, 1.807) is 54.7 Å². The number of hydrogen-bond donors (Lipinski definition) is 1. The second-order valence-electron chi connectivity index (χ2n) is 10.3. The van der Waals surface area contributed by atoms with Crippen LogP contribution in [0.4, 0.5) is 5.69 Å². The third kappa shape index (κ3) is 3.76. The van der Waals surface area contributed by atoms with Crippen molar-refractivity contribution in [3.8, 4) is 5.75 Å². The van der Waals surface area contributed by atoms with Gasteiger partial charge >= 0.3 is 11.9 Å². The van der Waals surface area contributed by atoms with Gasteiger partial charge in [0.2, 0.25) is 11.3 Å². The van der Waals surface area contributed by atoms with Crippen LogP contribution in [0.2, 0.25) is 0 Å². The molecular weight excluding hydrogens is 498 g/mol. The lowest BCUT2D eigenvalue weighted by Gasteiger charge is -2.44. The molecule has 1 N–H and O–H groups in total. The fourth-order valence-electron chi connectivity index (χ4n) is 5.94. The second kappa shape index (κ2) is 8.97. The minimum atomic E-state index is -1.92. The van der Waals surface area contributed by atoms with Gasteiger partial charge in [-0.15, -0.1) is 0 Å². The van der Waals surface area contributed by atoms with Crippen molar-refractivity contribution in [2.75, 3.05) is 12.4 Å². The molecule has 3 aliphatic rings. The molecule has 2 saturated heterocycles. The Kier molecular flexibility index (Phi) is 5.67. The molecule has 1 unspecified atom stereocenters. The molecule has 198 valence electrons. The number of hydrazone groups is 1. The Morgan fingerprint density at radius 1 is 0.923 bits per heavy atom. The average Bonchev–Trinajstić information content (AvgIpc) is 3.25. The maximum absolute atomic E-state index is 14.2. The molecule has 6 rings (SSSR count). The summed E-state index contributed by atoms with van der Waals surface area (Å²) in [6.07, 6.45) is 1.64. The minimum absolute atomic E-state index is 0.425. The van der Waals surface area contributed by atoms with E-state index in [0.717, 1.165) is 5.56 Å². The summed E-state index contributed by atoms with van der Waals surface area (Å²) in [5, 5.41) is 9.15. The summed E-state index contributed by atoms with van der Waals surface area (Å²) in [6.45, 7) is 3.02. The molecule has 39 heavy (non-hydrogen) atoms. The highest BCUT2D eigenvalue weighted by Gasteiger charge is 2.75. The van der Waals surface area contributed by atoms with Crippen molar-refractivity contribution in [2.24, 2.45) is 10.5 Å². The summed E-state index contributed by atoms with van der Waals surface area (Å²) in [4.78, 5) is 42.5. The molecule has 3 aromatic rings. The van der Waals surface area contributed by atoms with Crippen LogP contribution < -0.4 is 10.1 Å². The molecule has 1 amide bonds. The minimum Gasteiger partial charge on any atom is -0.497 e. The molecule has 3 aromatic carbocycles. The zero-order chi connectivity index (χ0) is 27.4. The van der Waals surface area contributed by atoms with Crippen molar-refractivity contribution in [3.05, 3.63) is 95.6 Å². The molecule has 0 aromatic heterocycles. The van der Waals surface area contributed by atoms with Gasteiger partial charge in [-0.3, -0.25) is 19.4 Å². The van der Waals surface area contributed by atoms with E-state index in [-0.39, 0.29) is 0 Å². The average molecular weight is 526 g/mol. The van der Waals surface area contributed by atoms with Gasteiger partial charge < -0.3 is 19.5 Å². The van der Waals surface area contributed by atoms with E-state index in [0.29, 0.717) is 22.6 Å². The highest BCUT2D eigenvalue weighted by Crippen LogP contribution is 2.62. The van der Waals surface area contributed by atoms with E-state index in [1.165, 1.54) is 13.8 Å². The number of anilines is 1. The van der Waals surface area contributed by atoms with Gasteiger partial charge in [0.15, 0.2) is 0 Å². The largest absolute Gasteiger partial charge is 0.497 e. The molecule has 1 spiro atoms. The Balaban J connectivity index is 1.59. The summed E-state index contributed by atoms with van der Waals surface area (Å²) in [7, 11) is 1.55. The van der Waals surface area contributed by atoms with E-state index in [2.05, 4.69) is 10.4 Å². The maximum atomic E-state index is 14.2. The Bertz CT molecular complexity index is 1460. The van der Waals surface area contributed by atoms with Crippen LogP contribution in [0.25, 0.3) is 0 Å². The number of cyclic esters (lactones) is 2. The summed E-state index contributed by atoms with van der Waals surface area (Å²) < 4.78 is 16.9. The highest BCUT2D eigenvalue weighted by molar-refractivity contribution is 6.08. The Labute approximate surface area is 225 Å². The van der Waals surface area contributed by atoms with E-state index in [9.17, 15) is 14.4 Å². The normalized spacial score (nSPS) is 23.9. The number of fused-ring (bicyclic) bond motifs is 4. The third-order valence-electron chi connectivity index (χ3n) is 7.55. The Morgan fingerprint density at radius 3 is 2.23 bits per heavy atom. The molecule has 0 bridgehead atoms. The first-order chi connectivity index (χ1) is 18.8. The molecule has 0 radical (unpaired) electrons. The number of nitrogens with zero attached hydrogens (tertiary/aromatic N) is 2. The zero-order valence-electron chi connectivity index (χ0n) is 21.7. The van der Waals surface area contributed by atoms with Crippen molar-refractivity contribution in [1.29, 1.82) is 0 Å². The number of ether oxygens (including phenoxy) is 3. The van der Waals surface area contributed by atoms with Crippen molar-refractivity contribution < 1.29 is 28.6 Å². The molecule has 0 saturated carbocycles. The summed E-state index contributed by atoms with van der Waals surface area (Å²) >= 11 is 0. The highest BCUT2D eigenvalue weighted by atomic mass is 16.7. The van der Waals surface area contributed by atoms with E-state index < -0.39 is 47.0 Å². The molecule has 9 heteroatoms. The molecule has 0 aliphatic carbocycles. The lowest BCUT2D eigenvalue weighted by Crippen LogP contribution is -2.58. The molecule has 3 aliphatic heterocycles. The molecule has 9 nitrogen and oxygen atoms in total. The van der Waals surface area contributed by atoms with Gasteiger partial charge in [0.05, 0.1) is 13.3 Å². The Morgan fingerprint density at radius 2 is 1.56 bits per heavy atom. The van der Waals surface area contributed by atoms with Gasteiger partial charge in [-0.1, -0.05) is 54.6 Å².